The molecule has 0 radical (unpaired) electrons. The molecule has 1 heterocycles. The summed E-state index contributed by atoms with van der Waals surface area (Å²) in [5, 5.41) is 7.90. The van der Waals surface area contributed by atoms with Crippen molar-refractivity contribution in [3.8, 4) is 22.4 Å². The molecule has 0 bridgehead atoms. The monoisotopic (exact) mass is 297 g/mol. The van der Waals surface area contributed by atoms with Crippen LogP contribution in [0.25, 0.3) is 22.4 Å². The largest absolute Gasteiger partial charge is 0.382 e. The number of nitrogens with two attached hydrogens (primary N) is 1. The van der Waals surface area contributed by atoms with Crippen molar-refractivity contribution in [2.75, 3.05) is 5.73 Å². The lowest BCUT2D eigenvalue weighted by atomic mass is 9.98. The van der Waals surface area contributed by atoms with Crippen molar-refractivity contribution in [1.29, 1.82) is 0 Å². The predicted molar refractivity (Wildman–Crippen MR) is 88.4 cm³/mol. The number of rotatable bonds is 2. The zero-order valence-corrected chi connectivity index (χ0v) is 12.7. The first-order valence-electron chi connectivity index (χ1n) is 6.73. The molecule has 3 nitrogen and oxygen atoms in total. The molecule has 1 aromatic heterocycles. The lowest BCUT2D eigenvalue weighted by Crippen LogP contribution is -1.89. The van der Waals surface area contributed by atoms with Gasteiger partial charge >= 0.3 is 0 Å². The predicted octanol–water partition coefficient (Wildman–Crippen LogP) is 4.60. The first-order valence-corrected chi connectivity index (χ1v) is 7.11. The van der Waals surface area contributed by atoms with Crippen LogP contribution in [0.3, 0.4) is 0 Å². The van der Waals surface area contributed by atoms with E-state index >= 15 is 0 Å². The molecule has 0 aliphatic heterocycles. The molecule has 106 valence electrons. The van der Waals surface area contributed by atoms with Gasteiger partial charge in [-0.15, -0.1) is 0 Å². The lowest BCUT2D eigenvalue weighted by Gasteiger charge is -2.07. The van der Waals surface area contributed by atoms with Crippen molar-refractivity contribution in [1.82, 2.24) is 10.2 Å². The fraction of sp³-hybridized carbons (Fsp3) is 0.118. The van der Waals surface area contributed by atoms with Crippen LogP contribution >= 0.6 is 11.6 Å². The van der Waals surface area contributed by atoms with E-state index in [1.165, 1.54) is 5.56 Å². The molecule has 3 N–H and O–H groups in total. The zero-order chi connectivity index (χ0) is 15.0. The molecule has 3 aromatic rings. The van der Waals surface area contributed by atoms with Gasteiger partial charge in [-0.25, -0.2) is 0 Å². The molecule has 4 heteroatoms. The third-order valence-electron chi connectivity index (χ3n) is 3.43. The van der Waals surface area contributed by atoms with Crippen molar-refractivity contribution in [2.24, 2.45) is 0 Å². The van der Waals surface area contributed by atoms with Gasteiger partial charge in [0.1, 0.15) is 0 Å². The zero-order valence-electron chi connectivity index (χ0n) is 11.9. The third kappa shape index (κ3) is 2.65. The Morgan fingerprint density at radius 1 is 1.00 bits per heavy atom. The van der Waals surface area contributed by atoms with Gasteiger partial charge < -0.3 is 5.73 Å². The van der Waals surface area contributed by atoms with E-state index in [0.717, 1.165) is 27.9 Å². The summed E-state index contributed by atoms with van der Waals surface area (Å²) in [7, 11) is 0. The van der Waals surface area contributed by atoms with E-state index in [-0.39, 0.29) is 0 Å². The number of aryl methyl sites for hydroxylation is 2. The number of nitrogens with one attached hydrogen (secondary N) is 1. The van der Waals surface area contributed by atoms with Gasteiger partial charge in [-0.3, -0.25) is 5.10 Å². The minimum Gasteiger partial charge on any atom is -0.382 e. The minimum absolute atomic E-state index is 0.494. The number of hydrogen-bond acceptors (Lipinski definition) is 2. The van der Waals surface area contributed by atoms with Crippen LogP contribution in [0.15, 0.2) is 42.5 Å². The van der Waals surface area contributed by atoms with Crippen molar-refractivity contribution in [2.45, 2.75) is 13.8 Å². The number of halogens is 1. The molecule has 0 saturated carbocycles. The van der Waals surface area contributed by atoms with E-state index in [2.05, 4.69) is 35.3 Å². The molecule has 2 aromatic carbocycles. The number of nitrogen functional groups attached to an aromatic ring is 1. The summed E-state index contributed by atoms with van der Waals surface area (Å²) in [5.41, 5.74) is 12.2. The summed E-state index contributed by atoms with van der Waals surface area (Å²) in [6.07, 6.45) is 0. The molecule has 0 aliphatic carbocycles. The van der Waals surface area contributed by atoms with Gasteiger partial charge in [0, 0.05) is 10.6 Å². The maximum absolute atomic E-state index is 6.16. The quantitative estimate of drug-likeness (QED) is 0.726. The Labute approximate surface area is 128 Å². The molecule has 3 rings (SSSR count). The molecule has 0 amide bonds. The number of aromatic amines is 1. The summed E-state index contributed by atoms with van der Waals surface area (Å²) in [5.74, 6) is 0.494. The third-order valence-corrected chi connectivity index (χ3v) is 3.65. The Morgan fingerprint density at radius 3 is 2.48 bits per heavy atom. The molecule has 0 unspecified atom stereocenters. The molecule has 21 heavy (non-hydrogen) atoms. The number of anilines is 1. The smallest absolute Gasteiger partial charge is 0.153 e. The standard InChI is InChI=1S/C17H16ClN3/c1-10-4-3-5-12(6-10)15-16(20-21-17(15)19)13-7-11(2)8-14(18)9-13/h3-9H,1-2H3,(H3,19,20,21). The van der Waals surface area contributed by atoms with Gasteiger partial charge in [0.25, 0.3) is 0 Å². The molecule has 0 spiro atoms. The van der Waals surface area contributed by atoms with Gasteiger partial charge in [0.2, 0.25) is 0 Å². The number of aromatic nitrogens is 2. The van der Waals surface area contributed by atoms with Crippen molar-refractivity contribution in [3.63, 3.8) is 0 Å². The molecule has 0 saturated heterocycles. The van der Waals surface area contributed by atoms with Crippen molar-refractivity contribution < 1.29 is 0 Å². The topological polar surface area (TPSA) is 54.7 Å². The van der Waals surface area contributed by atoms with E-state index in [4.69, 9.17) is 17.3 Å². The molecular formula is C17H16ClN3. The molecule has 0 atom stereocenters. The Bertz CT molecular complexity index is 785. The number of benzene rings is 2. The summed E-state index contributed by atoms with van der Waals surface area (Å²) in [4.78, 5) is 0. The van der Waals surface area contributed by atoms with Gasteiger partial charge in [-0.2, -0.15) is 5.10 Å². The molecule has 0 aliphatic rings. The SMILES string of the molecule is Cc1cc(Cl)cc(-c2[nH]nc(N)c2-c2cccc(C)c2)c1. The Hall–Kier alpha value is -2.26. The van der Waals surface area contributed by atoms with E-state index in [9.17, 15) is 0 Å². The van der Waals surface area contributed by atoms with Crippen LogP contribution in [-0.4, -0.2) is 10.2 Å². The highest BCUT2D eigenvalue weighted by atomic mass is 35.5. The number of nitrogens with zero attached hydrogens (tertiary/aromatic N) is 1. The fourth-order valence-electron chi connectivity index (χ4n) is 2.54. The van der Waals surface area contributed by atoms with Gasteiger partial charge in [0.15, 0.2) is 5.82 Å². The average molecular weight is 298 g/mol. The van der Waals surface area contributed by atoms with Crippen LogP contribution in [0, 0.1) is 13.8 Å². The van der Waals surface area contributed by atoms with Gasteiger partial charge in [-0.1, -0.05) is 41.4 Å². The van der Waals surface area contributed by atoms with E-state index < -0.39 is 0 Å². The lowest BCUT2D eigenvalue weighted by molar-refractivity contribution is 1.10. The summed E-state index contributed by atoms with van der Waals surface area (Å²) in [6.45, 7) is 4.07. The van der Waals surface area contributed by atoms with E-state index in [1.54, 1.807) is 0 Å². The van der Waals surface area contributed by atoms with Crippen molar-refractivity contribution in [3.05, 3.63) is 58.6 Å². The normalized spacial score (nSPS) is 10.8. The number of H-pyrrole nitrogens is 1. The first kappa shape index (κ1) is 13.7. The van der Waals surface area contributed by atoms with Crippen LogP contribution < -0.4 is 5.73 Å². The van der Waals surface area contributed by atoms with Crippen LogP contribution in [0.2, 0.25) is 5.02 Å². The highest BCUT2D eigenvalue weighted by Crippen LogP contribution is 2.36. The van der Waals surface area contributed by atoms with Crippen LogP contribution in [-0.2, 0) is 0 Å². The summed E-state index contributed by atoms with van der Waals surface area (Å²) < 4.78 is 0. The van der Waals surface area contributed by atoms with E-state index in [1.807, 2.05) is 31.2 Å². The molecular weight excluding hydrogens is 282 g/mol. The molecule has 0 fully saturated rings. The first-order chi connectivity index (χ1) is 10.0. The Balaban J connectivity index is 2.21. The van der Waals surface area contributed by atoms with Gasteiger partial charge in [0.05, 0.1) is 11.3 Å². The highest BCUT2D eigenvalue weighted by molar-refractivity contribution is 6.31. The fourth-order valence-corrected chi connectivity index (χ4v) is 2.83. The minimum atomic E-state index is 0.494. The second-order valence-corrected chi connectivity index (χ2v) is 5.68. The highest BCUT2D eigenvalue weighted by Gasteiger charge is 2.15. The Kier molecular flexibility index (Phi) is 3.43. The van der Waals surface area contributed by atoms with Crippen LogP contribution in [0.5, 0.6) is 0 Å². The Morgan fingerprint density at radius 2 is 1.76 bits per heavy atom. The second-order valence-electron chi connectivity index (χ2n) is 5.25. The summed E-state index contributed by atoms with van der Waals surface area (Å²) in [6, 6.07) is 14.1. The summed E-state index contributed by atoms with van der Waals surface area (Å²) >= 11 is 6.16. The number of hydrogen-bond donors (Lipinski definition) is 2. The second kappa shape index (κ2) is 5.26. The maximum atomic E-state index is 6.16. The van der Waals surface area contributed by atoms with Gasteiger partial charge in [-0.05, 0) is 43.2 Å². The average Bonchev–Trinajstić information content (AvgIpc) is 2.79. The van der Waals surface area contributed by atoms with E-state index in [0.29, 0.717) is 10.8 Å². The van der Waals surface area contributed by atoms with Crippen LogP contribution in [0.1, 0.15) is 11.1 Å². The van der Waals surface area contributed by atoms with Crippen molar-refractivity contribution >= 4 is 17.4 Å². The maximum Gasteiger partial charge on any atom is 0.153 e. The van der Waals surface area contributed by atoms with Crippen LogP contribution in [0.4, 0.5) is 5.82 Å².